The Bertz CT molecular complexity index is 349. The van der Waals surface area contributed by atoms with Crippen LogP contribution in [0, 0.1) is 6.92 Å². The maximum atomic E-state index is 5.91. The number of aromatic nitrogens is 2. The predicted molar refractivity (Wildman–Crippen MR) is 64.5 cm³/mol. The molecule has 1 aliphatic rings. The van der Waals surface area contributed by atoms with Gasteiger partial charge in [0.05, 0.1) is 6.54 Å². The maximum absolute atomic E-state index is 5.91. The van der Waals surface area contributed by atoms with Crippen molar-refractivity contribution in [2.75, 3.05) is 19.6 Å². The molecule has 0 spiro atoms. The summed E-state index contributed by atoms with van der Waals surface area (Å²) in [6, 6.07) is 2.32. The summed E-state index contributed by atoms with van der Waals surface area (Å²) in [4.78, 5) is 11.0. The van der Waals surface area contributed by atoms with Crippen LogP contribution in [0.4, 0.5) is 0 Å². The summed E-state index contributed by atoms with van der Waals surface area (Å²) in [7, 11) is 0. The number of piperazine rings is 1. The fourth-order valence-electron chi connectivity index (χ4n) is 2.02. The van der Waals surface area contributed by atoms with Gasteiger partial charge in [-0.15, -0.1) is 0 Å². The number of nitrogens with one attached hydrogen (secondary N) is 1. The highest BCUT2D eigenvalue weighted by molar-refractivity contribution is 6.29. The van der Waals surface area contributed by atoms with Crippen LogP contribution in [-0.4, -0.2) is 40.5 Å². The van der Waals surface area contributed by atoms with Crippen LogP contribution in [0.2, 0.25) is 5.15 Å². The molecule has 1 fully saturated rings. The summed E-state index contributed by atoms with van der Waals surface area (Å²) in [5, 5.41) is 3.94. The number of hydrogen-bond donors (Lipinski definition) is 1. The molecular formula is C11H17ClN4. The van der Waals surface area contributed by atoms with E-state index in [-0.39, 0.29) is 0 Å². The van der Waals surface area contributed by atoms with E-state index in [1.807, 2.05) is 6.92 Å². The molecule has 2 heterocycles. The number of aryl methyl sites for hydroxylation is 1. The molecule has 1 saturated heterocycles. The van der Waals surface area contributed by atoms with Gasteiger partial charge in [-0.05, 0) is 19.9 Å². The van der Waals surface area contributed by atoms with E-state index in [4.69, 9.17) is 11.6 Å². The average Bonchev–Trinajstić information content (AvgIpc) is 2.15. The third-order valence-electron chi connectivity index (χ3n) is 2.69. The normalized spacial score (nSPS) is 22.3. The summed E-state index contributed by atoms with van der Waals surface area (Å²) in [6.07, 6.45) is 0. The molecule has 0 amide bonds. The molecule has 1 aromatic heterocycles. The summed E-state index contributed by atoms with van der Waals surface area (Å²) >= 11 is 5.91. The highest BCUT2D eigenvalue weighted by Crippen LogP contribution is 2.09. The molecule has 0 saturated carbocycles. The summed E-state index contributed by atoms with van der Waals surface area (Å²) in [6.45, 7) is 8.02. The summed E-state index contributed by atoms with van der Waals surface area (Å²) in [5.74, 6) is 0.819. The van der Waals surface area contributed by atoms with Crippen molar-refractivity contribution in [3.05, 3.63) is 22.7 Å². The number of hydrogen-bond acceptors (Lipinski definition) is 4. The van der Waals surface area contributed by atoms with Crippen molar-refractivity contribution >= 4 is 11.6 Å². The largest absolute Gasteiger partial charge is 0.312 e. The highest BCUT2D eigenvalue weighted by atomic mass is 35.5. The van der Waals surface area contributed by atoms with Crippen LogP contribution in [0.15, 0.2) is 6.07 Å². The van der Waals surface area contributed by atoms with Crippen molar-refractivity contribution < 1.29 is 0 Å². The second kappa shape index (κ2) is 5.08. The van der Waals surface area contributed by atoms with Crippen LogP contribution < -0.4 is 5.32 Å². The van der Waals surface area contributed by atoms with Gasteiger partial charge in [0.1, 0.15) is 11.0 Å². The smallest absolute Gasteiger partial charge is 0.144 e. The lowest BCUT2D eigenvalue weighted by Gasteiger charge is -2.31. The maximum Gasteiger partial charge on any atom is 0.144 e. The van der Waals surface area contributed by atoms with Gasteiger partial charge in [-0.25, -0.2) is 9.97 Å². The van der Waals surface area contributed by atoms with E-state index in [2.05, 4.69) is 27.1 Å². The number of nitrogens with zero attached hydrogens (tertiary/aromatic N) is 3. The molecule has 4 nitrogen and oxygen atoms in total. The molecule has 1 atom stereocenters. The van der Waals surface area contributed by atoms with E-state index < -0.39 is 0 Å². The van der Waals surface area contributed by atoms with Gasteiger partial charge in [0.25, 0.3) is 0 Å². The summed E-state index contributed by atoms with van der Waals surface area (Å²) < 4.78 is 0. The van der Waals surface area contributed by atoms with Crippen LogP contribution in [-0.2, 0) is 6.54 Å². The molecule has 1 aromatic rings. The molecule has 88 valence electrons. The first kappa shape index (κ1) is 11.8. The molecule has 0 bridgehead atoms. The second-order valence-corrected chi connectivity index (χ2v) is 4.73. The molecule has 0 radical (unpaired) electrons. The Balaban J connectivity index is 2.02. The molecule has 5 heteroatoms. The minimum Gasteiger partial charge on any atom is -0.312 e. The van der Waals surface area contributed by atoms with Crippen LogP contribution in [0.25, 0.3) is 0 Å². The Hall–Kier alpha value is -0.710. The lowest BCUT2D eigenvalue weighted by molar-refractivity contribution is 0.195. The van der Waals surface area contributed by atoms with Crippen molar-refractivity contribution in [1.82, 2.24) is 20.2 Å². The van der Waals surface area contributed by atoms with E-state index in [0.717, 1.165) is 37.7 Å². The van der Waals surface area contributed by atoms with E-state index in [0.29, 0.717) is 11.2 Å². The Morgan fingerprint density at radius 1 is 1.56 bits per heavy atom. The van der Waals surface area contributed by atoms with Gasteiger partial charge >= 0.3 is 0 Å². The number of halogens is 1. The molecule has 2 rings (SSSR count). The van der Waals surface area contributed by atoms with Crippen LogP contribution >= 0.6 is 11.6 Å². The van der Waals surface area contributed by atoms with E-state index in [9.17, 15) is 0 Å². The fourth-order valence-corrected chi connectivity index (χ4v) is 2.27. The third-order valence-corrected chi connectivity index (χ3v) is 2.88. The second-order valence-electron chi connectivity index (χ2n) is 4.34. The van der Waals surface area contributed by atoms with Crippen molar-refractivity contribution in [2.24, 2.45) is 0 Å². The van der Waals surface area contributed by atoms with Gasteiger partial charge in [-0.2, -0.15) is 0 Å². The van der Waals surface area contributed by atoms with Gasteiger partial charge in [-0.1, -0.05) is 11.6 Å². The van der Waals surface area contributed by atoms with Crippen LogP contribution in [0.1, 0.15) is 18.4 Å². The highest BCUT2D eigenvalue weighted by Gasteiger charge is 2.16. The average molecular weight is 241 g/mol. The molecule has 1 N–H and O–H groups in total. The number of rotatable bonds is 2. The van der Waals surface area contributed by atoms with Crippen molar-refractivity contribution in [3.63, 3.8) is 0 Å². The first-order chi connectivity index (χ1) is 7.63. The minimum absolute atomic E-state index is 0.533. The van der Waals surface area contributed by atoms with Gasteiger partial charge in [0, 0.05) is 31.4 Å². The van der Waals surface area contributed by atoms with Crippen LogP contribution in [0.3, 0.4) is 0 Å². The zero-order valence-corrected chi connectivity index (χ0v) is 10.5. The molecular weight excluding hydrogens is 224 g/mol. The third kappa shape index (κ3) is 3.14. The van der Waals surface area contributed by atoms with E-state index in [1.165, 1.54) is 0 Å². The quantitative estimate of drug-likeness (QED) is 0.790. The Morgan fingerprint density at radius 2 is 2.38 bits per heavy atom. The van der Waals surface area contributed by atoms with Gasteiger partial charge in [0.15, 0.2) is 0 Å². The molecule has 0 aromatic carbocycles. The van der Waals surface area contributed by atoms with Gasteiger partial charge in [0.2, 0.25) is 0 Å². The Kier molecular flexibility index (Phi) is 3.74. The first-order valence-electron chi connectivity index (χ1n) is 5.59. The SMILES string of the molecule is Cc1cc(Cl)nc(CN2CCN[C@H](C)C2)n1. The van der Waals surface area contributed by atoms with Crippen molar-refractivity contribution in [1.29, 1.82) is 0 Å². The Morgan fingerprint density at radius 3 is 3.06 bits per heavy atom. The molecule has 0 aliphatic carbocycles. The van der Waals surface area contributed by atoms with Crippen molar-refractivity contribution in [2.45, 2.75) is 26.4 Å². The van der Waals surface area contributed by atoms with Gasteiger partial charge in [-0.3, -0.25) is 4.90 Å². The Labute approximate surface area is 101 Å². The van der Waals surface area contributed by atoms with E-state index in [1.54, 1.807) is 6.07 Å². The molecule has 16 heavy (non-hydrogen) atoms. The fraction of sp³-hybridized carbons (Fsp3) is 0.636. The zero-order chi connectivity index (χ0) is 11.5. The standard InChI is InChI=1S/C11H17ClN4/c1-8-5-10(12)15-11(14-8)7-16-4-3-13-9(2)6-16/h5,9,13H,3-4,6-7H2,1-2H3/t9-/m1/s1. The molecule has 0 unspecified atom stereocenters. The van der Waals surface area contributed by atoms with E-state index >= 15 is 0 Å². The predicted octanol–water partition coefficient (Wildman–Crippen LogP) is 1.23. The summed E-state index contributed by atoms with van der Waals surface area (Å²) in [5.41, 5.74) is 0.929. The van der Waals surface area contributed by atoms with Crippen LogP contribution in [0.5, 0.6) is 0 Å². The minimum atomic E-state index is 0.533. The van der Waals surface area contributed by atoms with Gasteiger partial charge < -0.3 is 5.32 Å². The first-order valence-corrected chi connectivity index (χ1v) is 5.97. The monoisotopic (exact) mass is 240 g/mol. The lowest BCUT2D eigenvalue weighted by atomic mass is 10.2. The van der Waals surface area contributed by atoms with Crippen molar-refractivity contribution in [3.8, 4) is 0 Å². The lowest BCUT2D eigenvalue weighted by Crippen LogP contribution is -2.48. The molecule has 1 aliphatic heterocycles. The zero-order valence-electron chi connectivity index (χ0n) is 9.70. The topological polar surface area (TPSA) is 41.1 Å².